The molecule has 0 radical (unpaired) electrons. The predicted molar refractivity (Wildman–Crippen MR) is 98.6 cm³/mol. The molecule has 1 aliphatic heterocycles. The summed E-state index contributed by atoms with van der Waals surface area (Å²) >= 11 is 0. The third-order valence-corrected chi connectivity index (χ3v) is 5.29. The summed E-state index contributed by atoms with van der Waals surface area (Å²) in [5.74, 6) is -4.55. The number of rotatable bonds is 7. The number of ether oxygens (including phenoxy) is 1. The summed E-state index contributed by atoms with van der Waals surface area (Å²) in [6.07, 6.45) is -3.18. The van der Waals surface area contributed by atoms with E-state index in [0.29, 0.717) is 32.0 Å². The van der Waals surface area contributed by atoms with Gasteiger partial charge in [-0.2, -0.15) is 18.3 Å². The molecule has 2 unspecified atom stereocenters. The van der Waals surface area contributed by atoms with E-state index in [1.54, 1.807) is 0 Å². The van der Waals surface area contributed by atoms with Gasteiger partial charge in [0.1, 0.15) is 30.5 Å². The Morgan fingerprint density at radius 2 is 2.03 bits per heavy atom. The zero-order valence-electron chi connectivity index (χ0n) is 16.6. The molecule has 12 heteroatoms. The van der Waals surface area contributed by atoms with Crippen LogP contribution >= 0.6 is 0 Å². The smallest absolute Gasteiger partial charge is 0.444 e. The Bertz CT molecular complexity index is 886. The summed E-state index contributed by atoms with van der Waals surface area (Å²) < 4.78 is 74.1. The summed E-state index contributed by atoms with van der Waals surface area (Å²) in [6, 6.07) is 2.22. The predicted octanol–water partition coefficient (Wildman–Crippen LogP) is 2.81. The molecule has 2 N–H and O–H groups in total. The number of benzene rings is 1. The van der Waals surface area contributed by atoms with Gasteiger partial charge in [-0.15, -0.1) is 0 Å². The summed E-state index contributed by atoms with van der Waals surface area (Å²) in [7, 11) is 0. The molecule has 1 aromatic heterocycles. The Kier molecular flexibility index (Phi) is 6.90. The van der Waals surface area contributed by atoms with Crippen molar-refractivity contribution in [3.63, 3.8) is 0 Å². The van der Waals surface area contributed by atoms with Crippen LogP contribution in [0.3, 0.4) is 0 Å². The van der Waals surface area contributed by atoms with Gasteiger partial charge in [-0.05, 0) is 44.5 Å². The number of alkyl halides is 3. The fourth-order valence-electron chi connectivity index (χ4n) is 3.76. The van der Waals surface area contributed by atoms with E-state index >= 15 is 0 Å². The number of hydrogen-bond donors (Lipinski definition) is 2. The maximum Gasteiger partial charge on any atom is 0.490 e. The van der Waals surface area contributed by atoms with Crippen molar-refractivity contribution < 1.29 is 31.5 Å². The lowest BCUT2D eigenvalue weighted by atomic mass is 9.86. The number of nitrogens with one attached hydrogen (secondary N) is 2. The van der Waals surface area contributed by atoms with Crippen LogP contribution in [0.5, 0.6) is 0 Å². The largest absolute Gasteiger partial charge is 0.490 e. The van der Waals surface area contributed by atoms with Gasteiger partial charge in [-0.3, -0.25) is 5.32 Å². The molecule has 0 spiro atoms. The van der Waals surface area contributed by atoms with Gasteiger partial charge in [-0.1, -0.05) is 6.92 Å². The van der Waals surface area contributed by atoms with E-state index in [0.717, 1.165) is 18.5 Å². The molecule has 1 saturated heterocycles. The number of hydrogen-bond acceptors (Lipinski definition) is 6. The molecular weight excluding hydrogens is 425 g/mol. The molecule has 0 aliphatic carbocycles. The van der Waals surface area contributed by atoms with Crippen molar-refractivity contribution in [1.82, 2.24) is 25.4 Å². The minimum atomic E-state index is -5.32. The quantitative estimate of drug-likeness (QED) is 0.502. The topological polar surface area (TPSA) is 81.1 Å². The average molecular weight is 447 g/mol. The van der Waals surface area contributed by atoms with E-state index in [1.807, 2.05) is 0 Å². The van der Waals surface area contributed by atoms with Gasteiger partial charge in [-0.25, -0.2) is 23.2 Å². The molecule has 2 heterocycles. The molecular formula is C19H22F5N5O2. The summed E-state index contributed by atoms with van der Waals surface area (Å²) in [5.41, 5.74) is -2.60. The number of piperidine rings is 1. The van der Waals surface area contributed by atoms with Crippen LogP contribution in [0.2, 0.25) is 0 Å². The molecule has 31 heavy (non-hydrogen) atoms. The minimum absolute atomic E-state index is 0.186. The lowest BCUT2D eigenvalue weighted by Crippen LogP contribution is -2.54. The maximum absolute atomic E-state index is 14.9. The average Bonchev–Trinajstić information content (AvgIpc) is 3.25. The Labute approximate surface area is 175 Å². The van der Waals surface area contributed by atoms with E-state index in [2.05, 4.69) is 20.7 Å². The summed E-state index contributed by atoms with van der Waals surface area (Å²) in [5, 5.41) is 10.3. The van der Waals surface area contributed by atoms with Crippen molar-refractivity contribution >= 4 is 5.97 Å². The summed E-state index contributed by atoms with van der Waals surface area (Å²) in [4.78, 5) is 15.8. The third-order valence-electron chi connectivity index (χ3n) is 5.29. The van der Waals surface area contributed by atoms with E-state index in [-0.39, 0.29) is 12.5 Å². The lowest BCUT2D eigenvalue weighted by Gasteiger charge is -2.42. The molecule has 0 saturated carbocycles. The molecule has 2 atom stereocenters. The molecule has 0 bridgehead atoms. The van der Waals surface area contributed by atoms with Gasteiger partial charge in [0.15, 0.2) is 5.60 Å². The van der Waals surface area contributed by atoms with Crippen molar-refractivity contribution in [3.8, 4) is 0 Å². The zero-order chi connectivity index (χ0) is 22.6. The minimum Gasteiger partial charge on any atom is -0.444 e. The SMILES string of the molecule is CCC(OC(=O)C(F)(F)F)(c1ccc(F)cc1F)C(NC1CCNCC1)n1cncn1. The first-order valence-corrected chi connectivity index (χ1v) is 9.74. The van der Waals surface area contributed by atoms with Crippen LogP contribution in [-0.2, 0) is 15.1 Å². The molecule has 1 aromatic carbocycles. The lowest BCUT2D eigenvalue weighted by molar-refractivity contribution is -0.222. The molecule has 1 fully saturated rings. The standard InChI is InChI=1S/C19H22F5N5O2/c1-2-18(31-17(30)19(22,23)24,14-4-3-12(20)9-15(14)21)16(29-11-26-10-27-29)28-13-5-7-25-8-6-13/h3-4,9-11,13,16,25,28H,2,5-8H2,1H3. The number of carbonyl (C=O) groups excluding carboxylic acids is 1. The Morgan fingerprint density at radius 1 is 1.32 bits per heavy atom. The van der Waals surface area contributed by atoms with Crippen LogP contribution < -0.4 is 10.6 Å². The highest BCUT2D eigenvalue weighted by molar-refractivity contribution is 5.76. The van der Waals surface area contributed by atoms with Crippen molar-refractivity contribution in [1.29, 1.82) is 0 Å². The second-order valence-corrected chi connectivity index (χ2v) is 7.22. The fraction of sp³-hybridized carbons (Fsp3) is 0.526. The van der Waals surface area contributed by atoms with Crippen molar-refractivity contribution in [2.24, 2.45) is 0 Å². The first-order chi connectivity index (χ1) is 14.7. The number of carbonyl (C=O) groups is 1. The van der Waals surface area contributed by atoms with Gasteiger partial charge >= 0.3 is 12.1 Å². The molecule has 3 rings (SSSR count). The number of aromatic nitrogens is 3. The first kappa shape index (κ1) is 23.1. The van der Waals surface area contributed by atoms with Gasteiger partial charge in [0.2, 0.25) is 0 Å². The third kappa shape index (κ3) is 5.01. The highest BCUT2D eigenvalue weighted by Crippen LogP contribution is 2.42. The van der Waals surface area contributed by atoms with Crippen LogP contribution in [0, 0.1) is 11.6 Å². The van der Waals surface area contributed by atoms with Crippen LogP contribution in [0.15, 0.2) is 30.9 Å². The van der Waals surface area contributed by atoms with Gasteiger partial charge in [0.25, 0.3) is 0 Å². The van der Waals surface area contributed by atoms with Crippen molar-refractivity contribution in [2.45, 2.75) is 50.2 Å². The highest BCUT2D eigenvalue weighted by atomic mass is 19.4. The molecule has 7 nitrogen and oxygen atoms in total. The normalized spacial score (nSPS) is 18.4. The second-order valence-electron chi connectivity index (χ2n) is 7.22. The zero-order valence-corrected chi connectivity index (χ0v) is 16.6. The second kappa shape index (κ2) is 9.27. The number of halogens is 5. The number of esters is 1. The molecule has 170 valence electrons. The van der Waals surface area contributed by atoms with Crippen LogP contribution in [-0.4, -0.2) is 46.0 Å². The Balaban J connectivity index is 2.15. The Morgan fingerprint density at radius 3 is 2.58 bits per heavy atom. The highest BCUT2D eigenvalue weighted by Gasteiger charge is 2.52. The van der Waals surface area contributed by atoms with Gasteiger partial charge in [0.05, 0.1) is 0 Å². The monoisotopic (exact) mass is 447 g/mol. The van der Waals surface area contributed by atoms with E-state index < -0.39 is 41.1 Å². The van der Waals surface area contributed by atoms with Crippen molar-refractivity contribution in [2.75, 3.05) is 13.1 Å². The van der Waals surface area contributed by atoms with Crippen molar-refractivity contribution in [3.05, 3.63) is 48.1 Å². The van der Waals surface area contributed by atoms with Crippen LogP contribution in [0.25, 0.3) is 0 Å². The van der Waals surface area contributed by atoms with E-state index in [1.165, 1.54) is 17.9 Å². The Hall–Kier alpha value is -2.60. The van der Waals surface area contributed by atoms with Gasteiger partial charge in [0, 0.05) is 17.7 Å². The summed E-state index contributed by atoms with van der Waals surface area (Å²) in [6.45, 7) is 2.77. The number of nitrogens with zero attached hydrogens (tertiary/aromatic N) is 3. The van der Waals surface area contributed by atoms with E-state index in [9.17, 15) is 26.7 Å². The maximum atomic E-state index is 14.9. The molecule has 0 amide bonds. The molecule has 2 aromatic rings. The fourth-order valence-corrected chi connectivity index (χ4v) is 3.76. The van der Waals surface area contributed by atoms with E-state index in [4.69, 9.17) is 4.74 Å². The van der Waals surface area contributed by atoms with Crippen LogP contribution in [0.4, 0.5) is 22.0 Å². The molecule has 1 aliphatic rings. The first-order valence-electron chi connectivity index (χ1n) is 9.74. The van der Waals surface area contributed by atoms with Crippen LogP contribution in [0.1, 0.15) is 37.9 Å². The van der Waals surface area contributed by atoms with Gasteiger partial charge < -0.3 is 10.1 Å².